The fourth-order valence-corrected chi connectivity index (χ4v) is 1.93. The van der Waals surface area contributed by atoms with Gasteiger partial charge in [-0.1, -0.05) is 17.7 Å². The van der Waals surface area contributed by atoms with Crippen molar-refractivity contribution in [1.82, 2.24) is 0 Å². The van der Waals surface area contributed by atoms with Crippen molar-refractivity contribution < 1.29 is 25.1 Å². The number of benzene rings is 1. The van der Waals surface area contributed by atoms with E-state index >= 15 is 0 Å². The quantitative estimate of drug-likeness (QED) is 0.602. The zero-order valence-corrected chi connectivity index (χ0v) is 12.7. The number of nitrogens with one attached hydrogen (secondary N) is 1. The Balaban J connectivity index is 2.65. The third-order valence-corrected chi connectivity index (χ3v) is 3.18. The van der Waals surface area contributed by atoms with Crippen molar-refractivity contribution in [3.63, 3.8) is 0 Å². The first-order valence-electron chi connectivity index (χ1n) is 6.58. The number of anilines is 1. The molecule has 2 atom stereocenters. The van der Waals surface area contributed by atoms with Gasteiger partial charge in [0, 0.05) is 10.7 Å². The summed E-state index contributed by atoms with van der Waals surface area (Å²) in [6.07, 6.45) is -0.911. The van der Waals surface area contributed by atoms with Crippen LogP contribution in [0.3, 0.4) is 0 Å². The molecular weight excluding hydrogens is 296 g/mol. The van der Waals surface area contributed by atoms with E-state index in [2.05, 4.69) is 5.32 Å². The standard InChI is InChI=1S/C14H19ClN2O4/c1-8-3-4-10(15)5-11(8)17-13(19)6-12(14(20)21)16-7-9(2)18/h3-5,9,12,16,18H,6-7H2,1-2H3,(H,17,19)(H,20,21)/t9-,12+/m0/s1. The smallest absolute Gasteiger partial charge is 0.230 e. The molecule has 0 saturated heterocycles. The van der Waals surface area contributed by atoms with Crippen LogP contribution in [0.5, 0.6) is 0 Å². The topological polar surface area (TPSA) is 106 Å². The highest BCUT2D eigenvalue weighted by Crippen LogP contribution is 2.20. The van der Waals surface area contributed by atoms with Crippen molar-refractivity contribution in [2.24, 2.45) is 0 Å². The molecule has 6 nitrogen and oxygen atoms in total. The second kappa shape index (κ2) is 7.97. The van der Waals surface area contributed by atoms with Crippen LogP contribution in [0.1, 0.15) is 18.9 Å². The van der Waals surface area contributed by atoms with E-state index in [1.165, 1.54) is 12.2 Å². The molecule has 1 aromatic rings. The molecule has 0 aliphatic heterocycles. The van der Waals surface area contributed by atoms with Crippen LogP contribution >= 0.6 is 11.6 Å². The number of carbonyl (C=O) groups is 2. The van der Waals surface area contributed by atoms with Crippen LogP contribution in [0.15, 0.2) is 18.2 Å². The van der Waals surface area contributed by atoms with Crippen molar-refractivity contribution in [2.45, 2.75) is 32.4 Å². The largest absolute Gasteiger partial charge is 0.544 e. The average molecular weight is 315 g/mol. The van der Waals surface area contributed by atoms with E-state index in [0.717, 1.165) is 5.56 Å². The van der Waals surface area contributed by atoms with Crippen LogP contribution in [0.25, 0.3) is 0 Å². The van der Waals surface area contributed by atoms with Gasteiger partial charge in [-0.15, -0.1) is 0 Å². The van der Waals surface area contributed by atoms with Gasteiger partial charge >= 0.3 is 0 Å². The van der Waals surface area contributed by atoms with Crippen LogP contribution < -0.4 is 15.7 Å². The Morgan fingerprint density at radius 1 is 1.48 bits per heavy atom. The first kappa shape index (κ1) is 17.4. The molecule has 1 aromatic carbocycles. The number of aryl methyl sites for hydroxylation is 1. The fraction of sp³-hybridized carbons (Fsp3) is 0.429. The number of nitrogens with two attached hydrogens (primary N) is 1. The van der Waals surface area contributed by atoms with Crippen LogP contribution in [0, 0.1) is 6.92 Å². The minimum Gasteiger partial charge on any atom is -0.544 e. The molecule has 0 bridgehead atoms. The summed E-state index contributed by atoms with van der Waals surface area (Å²) in [7, 11) is 0. The predicted octanol–water partition coefficient (Wildman–Crippen LogP) is -0.960. The Kier molecular flexibility index (Phi) is 6.61. The van der Waals surface area contributed by atoms with Crippen LogP contribution in [-0.4, -0.2) is 35.7 Å². The Morgan fingerprint density at radius 2 is 2.14 bits per heavy atom. The van der Waals surface area contributed by atoms with Gasteiger partial charge in [0.05, 0.1) is 18.5 Å². The maximum atomic E-state index is 11.9. The van der Waals surface area contributed by atoms with E-state index in [-0.39, 0.29) is 13.0 Å². The molecule has 0 aromatic heterocycles. The second-order valence-corrected chi connectivity index (χ2v) is 5.39. The first-order valence-corrected chi connectivity index (χ1v) is 6.95. The van der Waals surface area contributed by atoms with Crippen molar-refractivity contribution in [3.05, 3.63) is 28.8 Å². The summed E-state index contributed by atoms with van der Waals surface area (Å²) in [5, 5.41) is 24.6. The summed E-state index contributed by atoms with van der Waals surface area (Å²) in [5.74, 6) is -1.79. The van der Waals surface area contributed by atoms with Gasteiger partial charge in [0.2, 0.25) is 5.91 Å². The number of carboxylic acids is 1. The highest BCUT2D eigenvalue weighted by Gasteiger charge is 2.19. The van der Waals surface area contributed by atoms with Gasteiger partial charge in [-0.2, -0.15) is 0 Å². The van der Waals surface area contributed by atoms with E-state index in [1.54, 1.807) is 18.2 Å². The number of carbonyl (C=O) groups excluding carboxylic acids is 2. The molecule has 0 spiro atoms. The van der Waals surface area contributed by atoms with Gasteiger partial charge in [-0.05, 0) is 31.5 Å². The molecule has 116 valence electrons. The summed E-state index contributed by atoms with van der Waals surface area (Å²) in [5.41, 5.74) is 1.37. The van der Waals surface area contributed by atoms with Gasteiger partial charge in [0.1, 0.15) is 12.6 Å². The van der Waals surface area contributed by atoms with Gasteiger partial charge in [0.15, 0.2) is 0 Å². The van der Waals surface area contributed by atoms with Gasteiger partial charge in [-0.25, -0.2) is 0 Å². The number of aliphatic carboxylic acids is 1. The van der Waals surface area contributed by atoms with Crippen LogP contribution in [0.2, 0.25) is 5.02 Å². The van der Waals surface area contributed by atoms with E-state index in [9.17, 15) is 14.7 Å². The molecule has 1 amide bonds. The fourth-order valence-electron chi connectivity index (χ4n) is 1.75. The SMILES string of the molecule is Cc1ccc(Cl)cc1NC(=O)C[C@@H]([NH2+]C[C@H](C)O)C(=O)[O-]. The lowest BCUT2D eigenvalue weighted by Crippen LogP contribution is -2.94. The van der Waals surface area contributed by atoms with Crippen LogP contribution in [0.4, 0.5) is 5.69 Å². The lowest BCUT2D eigenvalue weighted by atomic mass is 10.1. The number of quaternary nitrogens is 1. The molecule has 0 aliphatic carbocycles. The number of amides is 1. The molecule has 0 aliphatic rings. The van der Waals surface area contributed by atoms with Crippen molar-refractivity contribution in [1.29, 1.82) is 0 Å². The summed E-state index contributed by atoms with van der Waals surface area (Å²) in [6, 6.07) is 4.02. The highest BCUT2D eigenvalue weighted by atomic mass is 35.5. The summed E-state index contributed by atoms with van der Waals surface area (Å²) < 4.78 is 0. The number of hydrogen-bond donors (Lipinski definition) is 3. The Labute approximate surface area is 128 Å². The maximum absolute atomic E-state index is 11.9. The molecule has 0 radical (unpaired) electrons. The van der Waals surface area contributed by atoms with Crippen molar-refractivity contribution >= 4 is 29.2 Å². The molecular formula is C14H19ClN2O4. The minimum atomic E-state index is -1.34. The van der Waals surface area contributed by atoms with E-state index in [0.29, 0.717) is 10.7 Å². The van der Waals surface area contributed by atoms with Crippen molar-refractivity contribution in [2.75, 3.05) is 11.9 Å². The van der Waals surface area contributed by atoms with Gasteiger partial charge in [-0.3, -0.25) is 4.79 Å². The maximum Gasteiger partial charge on any atom is 0.230 e. The molecule has 7 heteroatoms. The number of rotatable bonds is 7. The van der Waals surface area contributed by atoms with Gasteiger partial charge in [0.25, 0.3) is 0 Å². The monoisotopic (exact) mass is 314 g/mol. The Hall–Kier alpha value is -1.63. The molecule has 21 heavy (non-hydrogen) atoms. The lowest BCUT2D eigenvalue weighted by Gasteiger charge is -2.17. The lowest BCUT2D eigenvalue weighted by molar-refractivity contribution is -0.687. The molecule has 4 N–H and O–H groups in total. The third kappa shape index (κ3) is 6.12. The molecule has 0 saturated carbocycles. The second-order valence-electron chi connectivity index (χ2n) is 4.96. The Morgan fingerprint density at radius 3 is 2.71 bits per heavy atom. The van der Waals surface area contributed by atoms with E-state index < -0.39 is 24.0 Å². The van der Waals surface area contributed by atoms with E-state index in [4.69, 9.17) is 16.7 Å². The average Bonchev–Trinajstić information content (AvgIpc) is 2.38. The number of carboxylic acid groups (broad SMARTS) is 1. The molecule has 0 heterocycles. The zero-order chi connectivity index (χ0) is 16.0. The number of halogens is 1. The minimum absolute atomic E-state index is 0.183. The van der Waals surface area contributed by atoms with Gasteiger partial charge < -0.3 is 25.6 Å². The third-order valence-electron chi connectivity index (χ3n) is 2.94. The van der Waals surface area contributed by atoms with E-state index in [1.807, 2.05) is 6.92 Å². The molecule has 1 rings (SSSR count). The highest BCUT2D eigenvalue weighted by molar-refractivity contribution is 6.31. The normalized spacial score (nSPS) is 13.5. The predicted molar refractivity (Wildman–Crippen MR) is 76.7 cm³/mol. The summed E-state index contributed by atoms with van der Waals surface area (Å²) >= 11 is 5.85. The van der Waals surface area contributed by atoms with Crippen LogP contribution in [-0.2, 0) is 9.59 Å². The number of aliphatic hydroxyl groups is 1. The number of aliphatic hydroxyl groups excluding tert-OH is 1. The summed E-state index contributed by atoms with van der Waals surface area (Å²) in [4.78, 5) is 22.9. The first-order chi connectivity index (χ1) is 9.79. The van der Waals surface area contributed by atoms with Crippen molar-refractivity contribution in [3.8, 4) is 0 Å². The number of hydrogen-bond acceptors (Lipinski definition) is 4. The molecule has 0 fully saturated rings. The Bertz CT molecular complexity index is 520. The molecule has 0 unspecified atom stereocenters. The summed E-state index contributed by atoms with van der Waals surface area (Å²) in [6.45, 7) is 3.53. The zero-order valence-electron chi connectivity index (χ0n) is 11.9.